The molecule has 0 aliphatic heterocycles. The number of nitrogens with one attached hydrogen (secondary N) is 2. The molecule has 0 aliphatic carbocycles. The normalized spacial score (nSPS) is 12.5. The molecule has 0 spiro atoms. The van der Waals surface area contributed by atoms with Gasteiger partial charge in [0.25, 0.3) is 0 Å². The summed E-state index contributed by atoms with van der Waals surface area (Å²) in [6, 6.07) is 6.21. The molecule has 2 N–H and O–H groups in total. The molecule has 0 aromatic heterocycles. The lowest BCUT2D eigenvalue weighted by Crippen LogP contribution is -2.37. The highest BCUT2D eigenvalue weighted by molar-refractivity contribution is 5.81. The average Bonchev–Trinajstić information content (AvgIpc) is 3.03. The Bertz CT molecular complexity index is 1150. The molecule has 1 aromatic carbocycles. The van der Waals surface area contributed by atoms with E-state index in [1.54, 1.807) is 0 Å². The molecule has 5 nitrogen and oxygen atoms in total. The van der Waals surface area contributed by atoms with Crippen molar-refractivity contribution in [2.75, 3.05) is 19.7 Å². The molecular formula is C41H62N2O3. The quantitative estimate of drug-likeness (QED) is 0.0835. The number of hydrogen-bond donors (Lipinski definition) is 2. The highest BCUT2D eigenvalue weighted by atomic mass is 16.5. The molecule has 0 saturated heterocycles. The number of carbonyl (C=O) groups is 2. The van der Waals surface area contributed by atoms with Crippen molar-refractivity contribution in [3.05, 3.63) is 102 Å². The van der Waals surface area contributed by atoms with E-state index in [0.29, 0.717) is 26.1 Å². The SMILES string of the molecule is CCC=CCC=CCC=CCC=CCC=CCC=CCCC(=O)NCCCCNC(=O)C(C)(C)CCCOc1cc(C)ccc1C. The van der Waals surface area contributed by atoms with E-state index in [0.717, 1.165) is 81.9 Å². The zero-order chi connectivity index (χ0) is 33.7. The van der Waals surface area contributed by atoms with Crippen molar-refractivity contribution in [3.63, 3.8) is 0 Å². The third-order valence-electron chi connectivity index (χ3n) is 7.51. The second-order valence-electron chi connectivity index (χ2n) is 12.4. The first kappa shape index (κ1) is 40.4. The number of hydrogen-bond acceptors (Lipinski definition) is 3. The first-order valence-corrected chi connectivity index (χ1v) is 17.4. The zero-order valence-electron chi connectivity index (χ0n) is 29.5. The number of benzene rings is 1. The summed E-state index contributed by atoms with van der Waals surface area (Å²) in [4.78, 5) is 24.8. The number of carbonyl (C=O) groups excluding carboxylic acids is 2. The zero-order valence-corrected chi connectivity index (χ0v) is 29.5. The Labute approximate surface area is 281 Å². The molecule has 2 amide bonds. The molecule has 0 aliphatic rings. The fourth-order valence-corrected chi connectivity index (χ4v) is 4.53. The van der Waals surface area contributed by atoms with Crippen molar-refractivity contribution in [2.45, 2.75) is 112 Å². The summed E-state index contributed by atoms with van der Waals surface area (Å²) in [6.45, 7) is 12.1. The van der Waals surface area contributed by atoms with Gasteiger partial charge in [0, 0.05) is 24.9 Å². The van der Waals surface area contributed by atoms with Gasteiger partial charge in [-0.25, -0.2) is 0 Å². The standard InChI is InChI=1S/C41H62N2O3/c1-6-7-8-9-10-11-12-13-14-15-16-17-18-19-20-21-22-23-24-28-39(44)42-32-25-26-33-43-40(45)41(4,5)31-27-34-46-38-35-36(2)29-30-37(38)3/h7-8,10-11,13-14,16-17,19-20,22-23,29-30,35H,6,9,12,15,18,21,24-28,31-34H2,1-5H3,(H,42,44)(H,43,45). The Morgan fingerprint density at radius 2 is 1.24 bits per heavy atom. The van der Waals surface area contributed by atoms with Gasteiger partial charge in [-0.05, 0) is 102 Å². The largest absolute Gasteiger partial charge is 0.493 e. The van der Waals surface area contributed by atoms with Gasteiger partial charge in [-0.3, -0.25) is 9.59 Å². The Hall–Kier alpha value is -3.60. The Kier molecular flexibility index (Phi) is 23.4. The fraction of sp³-hybridized carbons (Fsp3) is 0.512. The number of unbranched alkanes of at least 4 members (excludes halogenated alkanes) is 1. The molecule has 0 heterocycles. The third kappa shape index (κ3) is 22.0. The average molecular weight is 631 g/mol. The lowest BCUT2D eigenvalue weighted by Gasteiger charge is -2.23. The fourth-order valence-electron chi connectivity index (χ4n) is 4.53. The van der Waals surface area contributed by atoms with Crippen LogP contribution in [0.4, 0.5) is 0 Å². The predicted octanol–water partition coefficient (Wildman–Crippen LogP) is 9.98. The maximum atomic E-state index is 12.7. The van der Waals surface area contributed by atoms with Crippen LogP contribution in [-0.4, -0.2) is 31.5 Å². The van der Waals surface area contributed by atoms with E-state index in [1.807, 2.05) is 20.8 Å². The van der Waals surface area contributed by atoms with E-state index in [9.17, 15) is 9.59 Å². The minimum atomic E-state index is -0.444. The molecule has 0 bridgehead atoms. The van der Waals surface area contributed by atoms with E-state index >= 15 is 0 Å². The van der Waals surface area contributed by atoms with Crippen molar-refractivity contribution < 1.29 is 14.3 Å². The maximum absolute atomic E-state index is 12.7. The van der Waals surface area contributed by atoms with Crippen LogP contribution in [-0.2, 0) is 9.59 Å². The van der Waals surface area contributed by atoms with E-state index in [2.05, 4.69) is 116 Å². The third-order valence-corrected chi connectivity index (χ3v) is 7.51. The Morgan fingerprint density at radius 3 is 1.80 bits per heavy atom. The molecule has 0 saturated carbocycles. The first-order chi connectivity index (χ1) is 22.3. The van der Waals surface area contributed by atoms with Gasteiger partial charge in [0.15, 0.2) is 0 Å². The highest BCUT2D eigenvalue weighted by Gasteiger charge is 2.26. The van der Waals surface area contributed by atoms with Crippen LogP contribution in [0.3, 0.4) is 0 Å². The van der Waals surface area contributed by atoms with Gasteiger partial charge in [-0.15, -0.1) is 0 Å². The van der Waals surface area contributed by atoms with Crippen LogP contribution in [0, 0.1) is 19.3 Å². The summed E-state index contributed by atoms with van der Waals surface area (Å²) in [5.74, 6) is 1.07. The minimum Gasteiger partial charge on any atom is -0.493 e. The molecule has 0 fully saturated rings. The Morgan fingerprint density at radius 1 is 0.717 bits per heavy atom. The number of amides is 2. The predicted molar refractivity (Wildman–Crippen MR) is 197 cm³/mol. The van der Waals surface area contributed by atoms with E-state index < -0.39 is 5.41 Å². The molecule has 254 valence electrons. The summed E-state index contributed by atoms with van der Waals surface area (Å²) >= 11 is 0. The lowest BCUT2D eigenvalue weighted by molar-refractivity contribution is -0.129. The van der Waals surface area contributed by atoms with Gasteiger partial charge < -0.3 is 15.4 Å². The summed E-state index contributed by atoms with van der Waals surface area (Å²) in [6.07, 6.45) is 36.6. The molecule has 0 atom stereocenters. The molecule has 1 rings (SSSR count). The molecule has 5 heteroatoms. The summed E-state index contributed by atoms with van der Waals surface area (Å²) in [5.41, 5.74) is 1.87. The number of rotatable bonds is 25. The highest BCUT2D eigenvalue weighted by Crippen LogP contribution is 2.24. The van der Waals surface area contributed by atoms with Gasteiger partial charge in [0.2, 0.25) is 11.8 Å². The Balaban J connectivity index is 2.01. The first-order valence-electron chi connectivity index (χ1n) is 17.4. The molecule has 1 aromatic rings. The monoisotopic (exact) mass is 630 g/mol. The van der Waals surface area contributed by atoms with Crippen LogP contribution in [0.15, 0.2) is 91.1 Å². The van der Waals surface area contributed by atoms with Gasteiger partial charge in [-0.1, -0.05) is 106 Å². The van der Waals surface area contributed by atoms with Crippen molar-refractivity contribution in [3.8, 4) is 5.75 Å². The number of ether oxygens (including phenoxy) is 1. The van der Waals surface area contributed by atoms with Crippen LogP contribution >= 0.6 is 0 Å². The van der Waals surface area contributed by atoms with Crippen molar-refractivity contribution in [1.29, 1.82) is 0 Å². The van der Waals surface area contributed by atoms with Crippen molar-refractivity contribution in [1.82, 2.24) is 10.6 Å². The van der Waals surface area contributed by atoms with Crippen LogP contribution in [0.1, 0.15) is 109 Å². The van der Waals surface area contributed by atoms with E-state index in [4.69, 9.17) is 4.74 Å². The summed E-state index contributed by atoms with van der Waals surface area (Å²) in [7, 11) is 0. The summed E-state index contributed by atoms with van der Waals surface area (Å²) < 4.78 is 5.94. The molecule has 46 heavy (non-hydrogen) atoms. The maximum Gasteiger partial charge on any atom is 0.225 e. The minimum absolute atomic E-state index is 0.0691. The smallest absolute Gasteiger partial charge is 0.225 e. The molecule has 0 unspecified atom stereocenters. The van der Waals surface area contributed by atoms with Crippen molar-refractivity contribution >= 4 is 11.8 Å². The van der Waals surface area contributed by atoms with Crippen molar-refractivity contribution in [2.24, 2.45) is 5.41 Å². The van der Waals surface area contributed by atoms with Crippen LogP contribution in [0.2, 0.25) is 0 Å². The summed E-state index contributed by atoms with van der Waals surface area (Å²) in [5, 5.41) is 6.04. The number of aryl methyl sites for hydroxylation is 2. The van der Waals surface area contributed by atoms with E-state index in [1.165, 1.54) is 5.56 Å². The van der Waals surface area contributed by atoms with Gasteiger partial charge in [0.05, 0.1) is 6.61 Å². The van der Waals surface area contributed by atoms with Gasteiger partial charge >= 0.3 is 0 Å². The van der Waals surface area contributed by atoms with Crippen LogP contribution in [0.25, 0.3) is 0 Å². The second-order valence-corrected chi connectivity index (χ2v) is 12.4. The van der Waals surface area contributed by atoms with Crippen LogP contribution in [0.5, 0.6) is 5.75 Å². The van der Waals surface area contributed by atoms with Crippen LogP contribution < -0.4 is 15.4 Å². The van der Waals surface area contributed by atoms with E-state index in [-0.39, 0.29) is 11.8 Å². The second kappa shape index (κ2) is 26.6. The number of allylic oxidation sites excluding steroid dienone is 12. The lowest BCUT2D eigenvalue weighted by atomic mass is 9.87. The molecule has 0 radical (unpaired) electrons. The van der Waals surface area contributed by atoms with Gasteiger partial charge in [0.1, 0.15) is 5.75 Å². The van der Waals surface area contributed by atoms with Gasteiger partial charge in [-0.2, -0.15) is 0 Å². The molecular weight excluding hydrogens is 568 g/mol. The topological polar surface area (TPSA) is 67.4 Å².